The van der Waals surface area contributed by atoms with E-state index in [0.29, 0.717) is 35.8 Å². The number of nitrogens with zero attached hydrogens (tertiary/aromatic N) is 1. The monoisotopic (exact) mass is 445 g/mol. The molecule has 0 spiro atoms. The first-order chi connectivity index (χ1) is 13.1. The Morgan fingerprint density at radius 1 is 1.32 bits per heavy atom. The van der Waals surface area contributed by atoms with Gasteiger partial charge in [-0.1, -0.05) is 40.7 Å². The highest BCUT2D eigenvalue weighted by Gasteiger charge is 2.52. The summed E-state index contributed by atoms with van der Waals surface area (Å²) in [5.41, 5.74) is 4.13. The highest BCUT2D eigenvalue weighted by atomic mass is 79.9. The normalized spacial score (nSPS) is 31.4. The number of ether oxygens (including phenoxy) is 1. The Morgan fingerprint density at radius 2 is 2.04 bits per heavy atom. The van der Waals surface area contributed by atoms with Crippen molar-refractivity contribution in [2.45, 2.75) is 79.4 Å². The molecule has 28 heavy (non-hydrogen) atoms. The minimum absolute atomic E-state index is 0.00740. The molecule has 0 aromatic heterocycles. The molecule has 4 atom stereocenters. The summed E-state index contributed by atoms with van der Waals surface area (Å²) in [4.78, 5) is 18.3. The number of Topliss-reactive ketones (excluding diaryl/α,β-unsaturated/α-hetero) is 1. The van der Waals surface area contributed by atoms with Crippen molar-refractivity contribution in [1.82, 2.24) is 0 Å². The summed E-state index contributed by atoms with van der Waals surface area (Å²) in [7, 11) is 0. The molecular weight excluding hydrogens is 414 g/mol. The number of carbonyl (C=O) groups is 1. The Kier molecular flexibility index (Phi) is 5.01. The van der Waals surface area contributed by atoms with Crippen LogP contribution in [0.2, 0.25) is 0 Å². The van der Waals surface area contributed by atoms with E-state index in [9.17, 15) is 4.79 Å². The molecule has 1 aliphatic heterocycles. The van der Waals surface area contributed by atoms with Gasteiger partial charge in [0.25, 0.3) is 0 Å². The van der Waals surface area contributed by atoms with Crippen LogP contribution >= 0.6 is 15.9 Å². The zero-order chi connectivity index (χ0) is 20.4. The molecule has 1 saturated carbocycles. The van der Waals surface area contributed by atoms with Gasteiger partial charge in [-0.15, -0.1) is 0 Å². The van der Waals surface area contributed by atoms with Gasteiger partial charge < -0.3 is 4.74 Å². The van der Waals surface area contributed by atoms with Crippen molar-refractivity contribution in [3.05, 3.63) is 27.2 Å². The highest BCUT2D eigenvalue weighted by molar-refractivity contribution is 9.10. The first-order valence-electron chi connectivity index (χ1n) is 10.7. The molecule has 0 bridgehead atoms. The van der Waals surface area contributed by atoms with Crippen LogP contribution in [0.3, 0.4) is 0 Å². The summed E-state index contributed by atoms with van der Waals surface area (Å²) >= 11 is 3.76. The standard InChI is InChI=1S/C24H32BrNO2/c1-12(2)9-18-26-22-17(27)11-24(6)8-7-15(13(3)4)20(24)16-10-14(5)21(25)23(28-18)19(16)22/h10,12-13,15,18,20H,7-9,11H2,1-6H3. The van der Waals surface area contributed by atoms with E-state index in [1.807, 2.05) is 0 Å². The van der Waals surface area contributed by atoms with E-state index in [-0.39, 0.29) is 17.4 Å². The van der Waals surface area contributed by atoms with Gasteiger partial charge in [0.05, 0.1) is 10.0 Å². The van der Waals surface area contributed by atoms with Gasteiger partial charge in [-0.05, 0) is 75.9 Å². The predicted molar refractivity (Wildman–Crippen MR) is 117 cm³/mol. The fourth-order valence-corrected chi connectivity index (χ4v) is 6.19. The van der Waals surface area contributed by atoms with Gasteiger partial charge in [0.1, 0.15) is 11.5 Å². The van der Waals surface area contributed by atoms with Gasteiger partial charge in [0.15, 0.2) is 12.0 Å². The first kappa shape index (κ1) is 20.1. The van der Waals surface area contributed by atoms with Gasteiger partial charge in [-0.3, -0.25) is 4.79 Å². The number of ketones is 1. The molecule has 3 aliphatic rings. The van der Waals surface area contributed by atoms with Crippen molar-refractivity contribution in [1.29, 1.82) is 0 Å². The second kappa shape index (κ2) is 6.97. The predicted octanol–water partition coefficient (Wildman–Crippen LogP) is 6.44. The van der Waals surface area contributed by atoms with Crippen molar-refractivity contribution < 1.29 is 9.53 Å². The molecule has 2 aliphatic carbocycles. The number of fused-ring (bicyclic) bond motifs is 2. The zero-order valence-corrected chi connectivity index (χ0v) is 19.5. The van der Waals surface area contributed by atoms with Crippen LogP contribution < -0.4 is 4.74 Å². The van der Waals surface area contributed by atoms with Crippen LogP contribution in [0.1, 0.15) is 82.9 Å². The lowest BCUT2D eigenvalue weighted by molar-refractivity contribution is -0.115. The summed E-state index contributed by atoms with van der Waals surface area (Å²) in [6, 6.07) is 2.30. The Labute approximate surface area is 177 Å². The van der Waals surface area contributed by atoms with Crippen molar-refractivity contribution in [2.24, 2.45) is 28.2 Å². The van der Waals surface area contributed by atoms with Crippen molar-refractivity contribution in [3.63, 3.8) is 0 Å². The number of aryl methyl sites for hydroxylation is 1. The largest absolute Gasteiger partial charge is 0.467 e. The van der Waals surface area contributed by atoms with Crippen molar-refractivity contribution in [2.75, 3.05) is 0 Å². The first-order valence-corrected chi connectivity index (χ1v) is 11.5. The molecule has 0 amide bonds. The molecular formula is C24H32BrNO2. The minimum atomic E-state index is -0.274. The molecule has 4 unspecified atom stereocenters. The molecule has 1 aromatic rings. The quantitative estimate of drug-likeness (QED) is 0.536. The van der Waals surface area contributed by atoms with Gasteiger partial charge in [-0.2, -0.15) is 0 Å². The number of hydrogen-bond donors (Lipinski definition) is 0. The van der Waals surface area contributed by atoms with Crippen LogP contribution in [-0.4, -0.2) is 17.7 Å². The Balaban J connectivity index is 1.96. The molecule has 0 radical (unpaired) electrons. The molecule has 152 valence electrons. The number of hydrogen-bond acceptors (Lipinski definition) is 3. The van der Waals surface area contributed by atoms with Gasteiger partial charge >= 0.3 is 0 Å². The van der Waals surface area contributed by atoms with Gasteiger partial charge in [-0.25, -0.2) is 4.99 Å². The molecule has 1 aromatic carbocycles. The smallest absolute Gasteiger partial charge is 0.190 e. The Morgan fingerprint density at radius 3 is 2.68 bits per heavy atom. The molecule has 3 nitrogen and oxygen atoms in total. The fourth-order valence-electron chi connectivity index (χ4n) is 5.78. The molecule has 1 fully saturated rings. The molecule has 4 rings (SSSR count). The number of halogens is 1. The van der Waals surface area contributed by atoms with E-state index in [4.69, 9.17) is 9.73 Å². The van der Waals surface area contributed by atoms with Crippen LogP contribution in [-0.2, 0) is 4.79 Å². The minimum Gasteiger partial charge on any atom is -0.467 e. The van der Waals surface area contributed by atoms with Crippen molar-refractivity contribution in [3.8, 4) is 5.75 Å². The fraction of sp³-hybridized carbons (Fsp3) is 0.667. The lowest BCUT2D eigenvalue weighted by Crippen LogP contribution is -2.30. The maximum Gasteiger partial charge on any atom is 0.190 e. The summed E-state index contributed by atoms with van der Waals surface area (Å²) < 4.78 is 7.37. The molecule has 0 saturated heterocycles. The number of aliphatic imine (C=N–C) groups is 1. The third kappa shape index (κ3) is 3.07. The summed E-state index contributed by atoms with van der Waals surface area (Å²) in [6.07, 6.45) is 3.45. The lowest BCUT2D eigenvalue weighted by atomic mass is 9.69. The third-order valence-corrected chi connectivity index (χ3v) is 8.10. The summed E-state index contributed by atoms with van der Waals surface area (Å²) in [5.74, 6) is 3.08. The Hall–Kier alpha value is -1.16. The maximum atomic E-state index is 13.4. The maximum absolute atomic E-state index is 13.4. The van der Waals surface area contributed by atoms with E-state index < -0.39 is 0 Å². The van der Waals surface area contributed by atoms with Gasteiger partial charge in [0, 0.05) is 12.8 Å². The van der Waals surface area contributed by atoms with Crippen LogP contribution in [0, 0.1) is 30.1 Å². The number of carbonyl (C=O) groups excluding carboxylic acids is 1. The van der Waals surface area contributed by atoms with Crippen LogP contribution in [0.4, 0.5) is 0 Å². The molecule has 0 N–H and O–H groups in total. The van der Waals surface area contributed by atoms with Gasteiger partial charge in [0.2, 0.25) is 0 Å². The van der Waals surface area contributed by atoms with E-state index >= 15 is 0 Å². The summed E-state index contributed by atoms with van der Waals surface area (Å²) in [5, 5.41) is 0. The van der Waals surface area contributed by atoms with E-state index in [2.05, 4.69) is 63.5 Å². The topological polar surface area (TPSA) is 38.7 Å². The van der Waals surface area contributed by atoms with Crippen molar-refractivity contribution >= 4 is 27.4 Å². The lowest BCUT2D eigenvalue weighted by Gasteiger charge is -2.35. The average Bonchev–Trinajstić information content (AvgIpc) is 2.90. The second-order valence-corrected chi connectivity index (χ2v) is 11.0. The van der Waals surface area contributed by atoms with Crippen LogP contribution in [0.15, 0.2) is 15.5 Å². The van der Waals surface area contributed by atoms with E-state index in [1.54, 1.807) is 0 Å². The second-order valence-electron chi connectivity index (χ2n) is 10.2. The number of rotatable bonds is 3. The SMILES string of the molecule is Cc1cc2c3c(c1Br)OC(CC(C)C)N=C3C(=O)CC1(C)CCC(C(C)C)C21. The van der Waals surface area contributed by atoms with E-state index in [1.165, 1.54) is 17.5 Å². The van der Waals surface area contributed by atoms with Crippen LogP contribution in [0.25, 0.3) is 0 Å². The average molecular weight is 446 g/mol. The Bertz CT molecular complexity index is 857. The van der Waals surface area contributed by atoms with Crippen LogP contribution in [0.5, 0.6) is 5.75 Å². The van der Waals surface area contributed by atoms with E-state index in [0.717, 1.165) is 28.6 Å². The third-order valence-electron chi connectivity index (χ3n) is 7.12. The number of benzene rings is 1. The molecule has 4 heteroatoms. The summed E-state index contributed by atoms with van der Waals surface area (Å²) in [6.45, 7) is 13.5. The molecule has 1 heterocycles. The highest BCUT2D eigenvalue weighted by Crippen LogP contribution is 2.60. The zero-order valence-electron chi connectivity index (χ0n) is 17.9.